The summed E-state index contributed by atoms with van der Waals surface area (Å²) in [6.45, 7) is 4.79. The van der Waals surface area contributed by atoms with Crippen molar-refractivity contribution < 1.29 is 4.39 Å². The Morgan fingerprint density at radius 2 is 1.77 bits per heavy atom. The van der Waals surface area contributed by atoms with Crippen LogP contribution in [-0.2, 0) is 6.42 Å². The highest BCUT2D eigenvalue weighted by Gasteiger charge is 2.10. The second kappa shape index (κ2) is 10.5. The van der Waals surface area contributed by atoms with E-state index in [4.69, 9.17) is 5.73 Å². The first-order valence-electron chi connectivity index (χ1n) is 8.78. The van der Waals surface area contributed by atoms with Crippen molar-refractivity contribution in [3.8, 4) is 11.1 Å². The molecule has 0 saturated carbocycles. The lowest BCUT2D eigenvalue weighted by molar-refractivity contribution is 0.347. The van der Waals surface area contributed by atoms with E-state index < -0.39 is 0 Å². The van der Waals surface area contributed by atoms with Gasteiger partial charge in [-0.3, -0.25) is 4.98 Å². The maximum atomic E-state index is 11.9. The van der Waals surface area contributed by atoms with Crippen LogP contribution in [0.5, 0.6) is 0 Å². The number of H-pyrrole nitrogens is 1. The summed E-state index contributed by atoms with van der Waals surface area (Å²) in [4.78, 5) is 9.73. The summed E-state index contributed by atoms with van der Waals surface area (Å²) in [5, 5.41) is 0. The van der Waals surface area contributed by atoms with Crippen LogP contribution in [0.25, 0.3) is 11.1 Å². The van der Waals surface area contributed by atoms with Gasteiger partial charge in [0.2, 0.25) is 0 Å². The number of hydrogen-bond acceptors (Lipinski definition) is 3. The number of halogens is 1. The molecule has 3 aromatic rings. The Balaban J connectivity index is 0.000000290. The van der Waals surface area contributed by atoms with E-state index >= 15 is 0 Å². The second-order valence-corrected chi connectivity index (χ2v) is 6.20. The minimum atomic E-state index is -0.178. The first-order chi connectivity index (χ1) is 12.6. The zero-order chi connectivity index (χ0) is 18.8. The lowest BCUT2D eigenvalue weighted by Crippen LogP contribution is -2.27. The molecule has 0 radical (unpaired) electrons. The van der Waals surface area contributed by atoms with Gasteiger partial charge in [0.1, 0.15) is 5.82 Å². The second-order valence-electron chi connectivity index (χ2n) is 6.20. The molecule has 0 bridgehead atoms. The molecule has 0 fully saturated rings. The molecule has 5 heteroatoms. The number of nitrogens with one attached hydrogen (secondary N) is 1. The smallest absolute Gasteiger partial charge is 0.123 e. The highest BCUT2D eigenvalue weighted by atomic mass is 19.1. The van der Waals surface area contributed by atoms with Crippen LogP contribution in [0.3, 0.4) is 0 Å². The number of aromatic amines is 1. The summed E-state index contributed by atoms with van der Waals surface area (Å²) in [5.74, 6) is -0.178. The van der Waals surface area contributed by atoms with Gasteiger partial charge < -0.3 is 15.6 Å². The maximum Gasteiger partial charge on any atom is 0.123 e. The minimum absolute atomic E-state index is 0.178. The molecule has 2 heterocycles. The number of pyridine rings is 1. The van der Waals surface area contributed by atoms with Gasteiger partial charge in [-0.05, 0) is 49.4 Å². The van der Waals surface area contributed by atoms with Gasteiger partial charge in [0.25, 0.3) is 0 Å². The number of aromatic nitrogens is 2. The lowest BCUT2D eigenvalue weighted by atomic mass is 10.0. The molecule has 138 valence electrons. The van der Waals surface area contributed by atoms with Gasteiger partial charge in [0, 0.05) is 55.9 Å². The third kappa shape index (κ3) is 6.10. The number of nitrogens with zero attached hydrogens (tertiary/aromatic N) is 2. The third-order valence-corrected chi connectivity index (χ3v) is 4.12. The molecule has 0 atom stereocenters. The fraction of sp³-hybridized carbons (Fsp3) is 0.286. The molecule has 0 saturated heterocycles. The van der Waals surface area contributed by atoms with Crippen LogP contribution < -0.4 is 5.73 Å². The van der Waals surface area contributed by atoms with Crippen LogP contribution in [0.4, 0.5) is 4.39 Å². The van der Waals surface area contributed by atoms with E-state index in [9.17, 15) is 4.39 Å². The first-order valence-corrected chi connectivity index (χ1v) is 8.78. The molecule has 2 aromatic heterocycles. The van der Waals surface area contributed by atoms with Crippen molar-refractivity contribution in [3.05, 3.63) is 78.1 Å². The number of aryl methyl sites for hydroxylation is 1. The first kappa shape index (κ1) is 19.8. The van der Waals surface area contributed by atoms with Gasteiger partial charge in [-0.2, -0.15) is 0 Å². The molecular weight excluding hydrogens is 327 g/mol. The van der Waals surface area contributed by atoms with Gasteiger partial charge in [-0.25, -0.2) is 4.39 Å². The van der Waals surface area contributed by atoms with Crippen molar-refractivity contribution in [2.45, 2.75) is 13.3 Å². The molecule has 0 aliphatic carbocycles. The molecule has 4 nitrogen and oxygen atoms in total. The predicted molar refractivity (Wildman–Crippen MR) is 105 cm³/mol. The van der Waals surface area contributed by atoms with Gasteiger partial charge >= 0.3 is 0 Å². The molecular formula is C21H27FN4. The quantitative estimate of drug-likeness (QED) is 0.710. The molecule has 0 aliphatic rings. The van der Waals surface area contributed by atoms with Crippen molar-refractivity contribution in [1.82, 2.24) is 14.9 Å². The zero-order valence-electron chi connectivity index (χ0n) is 15.5. The fourth-order valence-electron chi connectivity index (χ4n) is 2.74. The van der Waals surface area contributed by atoms with E-state index in [0.29, 0.717) is 6.54 Å². The SMILES string of the molecule is Cc1c[nH]c(CCN(C)CCN)c1-c1ccncc1.Fc1ccccc1. The number of rotatable bonds is 6. The summed E-state index contributed by atoms with van der Waals surface area (Å²) in [5.41, 5.74) is 10.7. The number of benzene rings is 1. The Bertz CT molecular complexity index is 756. The topological polar surface area (TPSA) is 57.9 Å². The molecule has 1 aromatic carbocycles. The van der Waals surface area contributed by atoms with Crippen LogP contribution in [0.15, 0.2) is 61.1 Å². The fourth-order valence-corrected chi connectivity index (χ4v) is 2.74. The average molecular weight is 354 g/mol. The van der Waals surface area contributed by atoms with Crippen molar-refractivity contribution in [2.75, 3.05) is 26.7 Å². The molecule has 0 unspecified atom stereocenters. The summed E-state index contributed by atoms with van der Waals surface area (Å²) in [7, 11) is 2.11. The highest BCUT2D eigenvalue weighted by molar-refractivity contribution is 5.69. The van der Waals surface area contributed by atoms with Gasteiger partial charge in [-0.1, -0.05) is 18.2 Å². The summed E-state index contributed by atoms with van der Waals surface area (Å²) in [6.07, 6.45) is 6.76. The van der Waals surface area contributed by atoms with Gasteiger partial charge in [0.15, 0.2) is 0 Å². The van der Waals surface area contributed by atoms with Gasteiger partial charge in [-0.15, -0.1) is 0 Å². The Morgan fingerprint density at radius 1 is 1.08 bits per heavy atom. The Hall–Kier alpha value is -2.50. The normalized spacial score (nSPS) is 10.5. The van der Waals surface area contributed by atoms with E-state index in [1.807, 2.05) is 12.4 Å². The summed E-state index contributed by atoms with van der Waals surface area (Å²) >= 11 is 0. The Morgan fingerprint density at radius 3 is 2.35 bits per heavy atom. The largest absolute Gasteiger partial charge is 0.364 e. The van der Waals surface area contributed by atoms with E-state index in [0.717, 1.165) is 19.5 Å². The molecule has 3 N–H and O–H groups in total. The van der Waals surface area contributed by atoms with E-state index in [-0.39, 0.29) is 5.82 Å². The average Bonchev–Trinajstić information content (AvgIpc) is 3.03. The monoisotopic (exact) mass is 354 g/mol. The highest BCUT2D eigenvalue weighted by Crippen LogP contribution is 2.27. The predicted octanol–water partition coefficient (Wildman–Crippen LogP) is 3.64. The Labute approximate surface area is 154 Å². The van der Waals surface area contributed by atoms with E-state index in [1.165, 1.54) is 34.5 Å². The molecule has 3 rings (SSSR count). The number of nitrogens with two attached hydrogens (primary N) is 1. The van der Waals surface area contributed by atoms with E-state index in [2.05, 4.69) is 47.2 Å². The van der Waals surface area contributed by atoms with Crippen molar-refractivity contribution in [3.63, 3.8) is 0 Å². The minimum Gasteiger partial charge on any atom is -0.364 e. The maximum absolute atomic E-state index is 11.9. The summed E-state index contributed by atoms with van der Waals surface area (Å²) < 4.78 is 11.9. The van der Waals surface area contributed by atoms with Crippen LogP contribution >= 0.6 is 0 Å². The van der Waals surface area contributed by atoms with Crippen LogP contribution in [0, 0.1) is 12.7 Å². The van der Waals surface area contributed by atoms with Gasteiger partial charge in [0.05, 0.1) is 0 Å². The molecule has 0 amide bonds. The molecule has 0 spiro atoms. The van der Waals surface area contributed by atoms with Crippen LogP contribution in [-0.4, -0.2) is 41.5 Å². The number of likely N-dealkylation sites (N-methyl/N-ethyl adjacent to an activating group) is 1. The molecule has 26 heavy (non-hydrogen) atoms. The molecule has 0 aliphatic heterocycles. The number of hydrogen-bond donors (Lipinski definition) is 2. The van der Waals surface area contributed by atoms with Crippen molar-refractivity contribution in [1.29, 1.82) is 0 Å². The van der Waals surface area contributed by atoms with Crippen LogP contribution in [0.1, 0.15) is 11.3 Å². The summed E-state index contributed by atoms with van der Waals surface area (Å²) in [6, 6.07) is 12.1. The van der Waals surface area contributed by atoms with Crippen molar-refractivity contribution >= 4 is 0 Å². The third-order valence-electron chi connectivity index (χ3n) is 4.12. The zero-order valence-corrected chi connectivity index (χ0v) is 15.5. The standard InChI is InChI=1S/C15H22N4.C6H5F/c1-12-11-18-14(5-9-19(2)10-6-16)15(12)13-3-7-17-8-4-13;7-6-4-2-1-3-5-6/h3-4,7-8,11,18H,5-6,9-10,16H2,1-2H3;1-5H. The lowest BCUT2D eigenvalue weighted by Gasteiger charge is -2.15. The Kier molecular flexibility index (Phi) is 7.99. The van der Waals surface area contributed by atoms with E-state index in [1.54, 1.807) is 18.2 Å². The van der Waals surface area contributed by atoms with Crippen LogP contribution in [0.2, 0.25) is 0 Å². The van der Waals surface area contributed by atoms with Crippen molar-refractivity contribution in [2.24, 2.45) is 5.73 Å².